The first-order chi connectivity index (χ1) is 8.79. The van der Waals surface area contributed by atoms with Gasteiger partial charge in [0.25, 0.3) is 0 Å². The van der Waals surface area contributed by atoms with Gasteiger partial charge in [0.05, 0.1) is 11.1 Å². The third-order valence-electron chi connectivity index (χ3n) is 2.94. The van der Waals surface area contributed by atoms with Crippen molar-refractivity contribution < 1.29 is 13.2 Å². The Kier molecular flexibility index (Phi) is 3.49. The normalized spacial score (nSPS) is 13.8. The Labute approximate surface area is 109 Å². The summed E-state index contributed by atoms with van der Waals surface area (Å²) < 4.78 is 38.9. The van der Waals surface area contributed by atoms with Crippen LogP contribution in [0.4, 0.5) is 13.2 Å². The molecule has 2 nitrogen and oxygen atoms in total. The minimum Gasteiger partial charge on any atom is -0.328 e. The lowest BCUT2D eigenvalue weighted by atomic mass is 10.0. The molecular weight excluding hydrogens is 253 g/mol. The number of nitrogens with zero attached hydrogens (tertiary/aromatic N) is 1. The van der Waals surface area contributed by atoms with Crippen molar-refractivity contribution in [1.82, 2.24) is 4.98 Å². The molecule has 0 radical (unpaired) electrons. The SMILES string of the molecule is Cc1cc(CC(C)N)nc2c(C(F)(F)F)cccc12. The molecule has 1 unspecified atom stereocenters. The lowest BCUT2D eigenvalue weighted by Gasteiger charge is -2.13. The summed E-state index contributed by atoms with van der Waals surface area (Å²) in [6.45, 7) is 3.59. The highest BCUT2D eigenvalue weighted by Crippen LogP contribution is 2.34. The highest BCUT2D eigenvalue weighted by atomic mass is 19.4. The Bertz CT molecular complexity index is 603. The Morgan fingerprint density at radius 1 is 1.32 bits per heavy atom. The molecule has 1 atom stereocenters. The Balaban J connectivity index is 2.69. The number of benzene rings is 1. The van der Waals surface area contributed by atoms with Crippen molar-refractivity contribution in [3.8, 4) is 0 Å². The number of hydrogen-bond acceptors (Lipinski definition) is 2. The van der Waals surface area contributed by atoms with Gasteiger partial charge in [0.15, 0.2) is 0 Å². The van der Waals surface area contributed by atoms with Gasteiger partial charge in [0, 0.05) is 23.5 Å². The zero-order chi connectivity index (χ0) is 14.2. The number of pyridine rings is 1. The molecule has 1 heterocycles. The van der Waals surface area contributed by atoms with Crippen molar-refractivity contribution in [2.24, 2.45) is 5.73 Å². The fourth-order valence-electron chi connectivity index (χ4n) is 2.15. The molecule has 0 saturated heterocycles. The van der Waals surface area contributed by atoms with E-state index in [0.29, 0.717) is 17.5 Å². The van der Waals surface area contributed by atoms with Gasteiger partial charge in [-0.3, -0.25) is 4.98 Å². The molecule has 2 N–H and O–H groups in total. The van der Waals surface area contributed by atoms with Gasteiger partial charge in [0.1, 0.15) is 0 Å². The van der Waals surface area contributed by atoms with Gasteiger partial charge < -0.3 is 5.73 Å². The van der Waals surface area contributed by atoms with E-state index in [1.807, 2.05) is 0 Å². The van der Waals surface area contributed by atoms with Crippen LogP contribution in [-0.4, -0.2) is 11.0 Å². The first-order valence-corrected chi connectivity index (χ1v) is 6.01. The second-order valence-electron chi connectivity index (χ2n) is 4.81. The average Bonchev–Trinajstić information content (AvgIpc) is 2.26. The standard InChI is InChI=1S/C14H15F3N2/c1-8-6-10(7-9(2)18)19-13-11(8)4-3-5-12(13)14(15,16)17/h3-6,9H,7,18H2,1-2H3. The minimum atomic E-state index is -4.40. The molecule has 0 amide bonds. The van der Waals surface area contributed by atoms with Crippen LogP contribution in [0, 0.1) is 6.92 Å². The van der Waals surface area contributed by atoms with Crippen LogP contribution < -0.4 is 5.73 Å². The zero-order valence-electron chi connectivity index (χ0n) is 10.8. The summed E-state index contributed by atoms with van der Waals surface area (Å²) in [6.07, 6.45) is -3.94. The average molecular weight is 268 g/mol. The molecule has 5 heteroatoms. The minimum absolute atomic E-state index is 0.00523. The predicted molar refractivity (Wildman–Crippen MR) is 68.8 cm³/mol. The van der Waals surface area contributed by atoms with Gasteiger partial charge in [-0.1, -0.05) is 12.1 Å². The molecule has 19 heavy (non-hydrogen) atoms. The molecule has 0 spiro atoms. The summed E-state index contributed by atoms with van der Waals surface area (Å²) in [5, 5.41) is 0.531. The third kappa shape index (κ3) is 2.87. The maximum atomic E-state index is 13.0. The molecule has 0 bridgehead atoms. The van der Waals surface area contributed by atoms with E-state index < -0.39 is 11.7 Å². The van der Waals surface area contributed by atoms with Gasteiger partial charge >= 0.3 is 6.18 Å². The topological polar surface area (TPSA) is 38.9 Å². The predicted octanol–water partition coefficient (Wildman–Crippen LogP) is 3.45. The number of hydrogen-bond donors (Lipinski definition) is 1. The molecule has 0 aliphatic heterocycles. The van der Waals surface area contributed by atoms with E-state index >= 15 is 0 Å². The summed E-state index contributed by atoms with van der Waals surface area (Å²) in [5.41, 5.74) is 6.37. The fourth-order valence-corrected chi connectivity index (χ4v) is 2.15. The molecule has 1 aromatic heterocycles. The number of nitrogens with two attached hydrogens (primary N) is 1. The van der Waals surface area contributed by atoms with Crippen LogP contribution >= 0.6 is 0 Å². The summed E-state index contributed by atoms with van der Waals surface area (Å²) >= 11 is 0. The van der Waals surface area contributed by atoms with E-state index in [1.54, 1.807) is 26.0 Å². The lowest BCUT2D eigenvalue weighted by molar-refractivity contribution is -0.136. The van der Waals surface area contributed by atoms with Crippen molar-refractivity contribution in [2.45, 2.75) is 32.5 Å². The number of aryl methyl sites for hydroxylation is 1. The van der Waals surface area contributed by atoms with E-state index in [-0.39, 0.29) is 11.6 Å². The summed E-state index contributed by atoms with van der Waals surface area (Å²) in [7, 11) is 0. The zero-order valence-corrected chi connectivity index (χ0v) is 10.8. The van der Waals surface area contributed by atoms with Crippen molar-refractivity contribution >= 4 is 10.9 Å². The Morgan fingerprint density at radius 3 is 2.58 bits per heavy atom. The van der Waals surface area contributed by atoms with Gasteiger partial charge in [-0.25, -0.2) is 0 Å². The van der Waals surface area contributed by atoms with Gasteiger partial charge in [-0.15, -0.1) is 0 Å². The first kappa shape index (κ1) is 13.8. The molecule has 0 aliphatic carbocycles. The van der Waals surface area contributed by atoms with Gasteiger partial charge in [0.2, 0.25) is 0 Å². The quantitative estimate of drug-likeness (QED) is 0.906. The van der Waals surface area contributed by atoms with Crippen LogP contribution in [0.15, 0.2) is 24.3 Å². The van der Waals surface area contributed by atoms with Crippen molar-refractivity contribution in [3.05, 3.63) is 41.1 Å². The number of para-hydroxylation sites is 1. The highest BCUT2D eigenvalue weighted by Gasteiger charge is 2.33. The summed E-state index contributed by atoms with van der Waals surface area (Å²) in [5.74, 6) is 0. The van der Waals surface area contributed by atoms with Crippen LogP contribution in [0.25, 0.3) is 10.9 Å². The third-order valence-corrected chi connectivity index (χ3v) is 2.94. The molecular formula is C14H15F3N2. The van der Waals surface area contributed by atoms with Crippen molar-refractivity contribution in [3.63, 3.8) is 0 Å². The van der Waals surface area contributed by atoms with E-state index in [9.17, 15) is 13.2 Å². The van der Waals surface area contributed by atoms with Crippen LogP contribution in [-0.2, 0) is 12.6 Å². The summed E-state index contributed by atoms with van der Waals surface area (Å²) in [6, 6.07) is 5.78. The van der Waals surface area contributed by atoms with Crippen molar-refractivity contribution in [1.29, 1.82) is 0 Å². The van der Waals surface area contributed by atoms with E-state index in [0.717, 1.165) is 11.6 Å². The largest absolute Gasteiger partial charge is 0.418 e. The van der Waals surface area contributed by atoms with E-state index in [1.165, 1.54) is 6.07 Å². The molecule has 1 aromatic carbocycles. The summed E-state index contributed by atoms with van der Waals surface area (Å²) in [4.78, 5) is 4.14. The molecule has 2 rings (SSSR count). The molecule has 102 valence electrons. The number of rotatable bonds is 2. The van der Waals surface area contributed by atoms with Gasteiger partial charge in [-0.05, 0) is 31.5 Å². The van der Waals surface area contributed by atoms with Crippen LogP contribution in [0.1, 0.15) is 23.7 Å². The molecule has 2 aromatic rings. The van der Waals surface area contributed by atoms with Crippen molar-refractivity contribution in [2.75, 3.05) is 0 Å². The number of fused-ring (bicyclic) bond motifs is 1. The second-order valence-corrected chi connectivity index (χ2v) is 4.81. The number of alkyl halides is 3. The molecule has 0 saturated carbocycles. The lowest BCUT2D eigenvalue weighted by Crippen LogP contribution is -2.19. The van der Waals surface area contributed by atoms with E-state index in [4.69, 9.17) is 5.73 Å². The maximum Gasteiger partial charge on any atom is 0.418 e. The van der Waals surface area contributed by atoms with Crippen LogP contribution in [0.5, 0.6) is 0 Å². The fraction of sp³-hybridized carbons (Fsp3) is 0.357. The first-order valence-electron chi connectivity index (χ1n) is 6.01. The molecule has 0 fully saturated rings. The second kappa shape index (κ2) is 4.81. The van der Waals surface area contributed by atoms with E-state index in [2.05, 4.69) is 4.98 Å². The van der Waals surface area contributed by atoms with Crippen LogP contribution in [0.3, 0.4) is 0 Å². The monoisotopic (exact) mass is 268 g/mol. The maximum absolute atomic E-state index is 13.0. The van der Waals surface area contributed by atoms with Gasteiger partial charge in [-0.2, -0.15) is 13.2 Å². The highest BCUT2D eigenvalue weighted by molar-refractivity contribution is 5.85. The Hall–Kier alpha value is -1.62. The van der Waals surface area contributed by atoms with Crippen LogP contribution in [0.2, 0.25) is 0 Å². The number of aromatic nitrogens is 1. The Morgan fingerprint density at radius 2 is 2.00 bits per heavy atom. The number of halogens is 3. The smallest absolute Gasteiger partial charge is 0.328 e. The molecule has 0 aliphatic rings.